The molecule has 0 aliphatic heterocycles. The normalized spacial score (nSPS) is 9.73. The third-order valence-electron chi connectivity index (χ3n) is 1.58. The molecule has 0 saturated carbocycles. The van der Waals surface area contributed by atoms with Crippen molar-refractivity contribution in [1.82, 2.24) is 0 Å². The van der Waals surface area contributed by atoms with Gasteiger partial charge in [-0.2, -0.15) is 0 Å². The van der Waals surface area contributed by atoms with Crippen molar-refractivity contribution in [3.8, 4) is 0 Å². The van der Waals surface area contributed by atoms with Gasteiger partial charge in [-0.3, -0.25) is 0 Å². The molecule has 60 valence electrons. The number of hydrogen-bond acceptors (Lipinski definition) is 1. The zero-order valence-electron chi connectivity index (χ0n) is 6.84. The Bertz CT molecular complexity index is 233. The van der Waals surface area contributed by atoms with E-state index in [-0.39, 0.29) is 0 Å². The minimum absolute atomic E-state index is 1.08. The highest BCUT2D eigenvalue weighted by Gasteiger charge is 1.94. The maximum absolute atomic E-state index is 2.37. The van der Waals surface area contributed by atoms with Crippen molar-refractivity contribution < 1.29 is 0 Å². The summed E-state index contributed by atoms with van der Waals surface area (Å²) in [6.45, 7) is 0. The van der Waals surface area contributed by atoms with Gasteiger partial charge in [0.15, 0.2) is 0 Å². The van der Waals surface area contributed by atoms with Gasteiger partial charge in [-0.15, -0.1) is 0 Å². The summed E-state index contributed by atoms with van der Waals surface area (Å²) in [4.78, 5) is 2.12. The average molecular weight is 261 g/mol. The molecule has 1 nitrogen and oxygen atoms in total. The van der Waals surface area contributed by atoms with Crippen LogP contribution in [-0.2, 0) is 4.43 Å². The topological polar surface area (TPSA) is 3.24 Å². The van der Waals surface area contributed by atoms with E-state index in [2.05, 4.69) is 65.9 Å². The van der Waals surface area contributed by atoms with Crippen LogP contribution >= 0.6 is 22.6 Å². The lowest BCUT2D eigenvalue weighted by Gasteiger charge is -2.12. The smallest absolute Gasteiger partial charge is 0.0364 e. The van der Waals surface area contributed by atoms with E-state index in [0.717, 1.165) is 4.43 Å². The highest BCUT2D eigenvalue weighted by atomic mass is 127. The van der Waals surface area contributed by atoms with Gasteiger partial charge in [-0.05, 0) is 17.7 Å². The van der Waals surface area contributed by atoms with Crippen LogP contribution in [0, 0.1) is 0 Å². The minimum atomic E-state index is 1.08. The second-order valence-corrected chi connectivity index (χ2v) is 3.46. The van der Waals surface area contributed by atoms with E-state index in [4.69, 9.17) is 0 Å². The fourth-order valence-corrected chi connectivity index (χ4v) is 1.39. The Hall–Kier alpha value is -0.250. The van der Waals surface area contributed by atoms with Crippen LogP contribution in [-0.4, -0.2) is 14.1 Å². The molecule has 2 heteroatoms. The number of halogens is 1. The van der Waals surface area contributed by atoms with E-state index in [1.165, 1.54) is 11.3 Å². The highest BCUT2D eigenvalue weighted by Crippen LogP contribution is 2.15. The number of hydrogen-bond donors (Lipinski definition) is 0. The van der Waals surface area contributed by atoms with Gasteiger partial charge < -0.3 is 4.90 Å². The van der Waals surface area contributed by atoms with Gasteiger partial charge in [-0.25, -0.2) is 0 Å². The third-order valence-corrected chi connectivity index (χ3v) is 2.46. The Morgan fingerprint density at radius 3 is 2.64 bits per heavy atom. The second kappa shape index (κ2) is 3.95. The average Bonchev–Trinajstić information content (AvgIpc) is 2.05. The summed E-state index contributed by atoms with van der Waals surface area (Å²) in [5.74, 6) is 0. The summed E-state index contributed by atoms with van der Waals surface area (Å²) in [5.41, 5.74) is 2.66. The first-order valence-corrected chi connectivity index (χ1v) is 5.09. The predicted octanol–water partition coefficient (Wildman–Crippen LogP) is 2.69. The third kappa shape index (κ3) is 2.36. The Kier molecular flexibility index (Phi) is 3.17. The lowest BCUT2D eigenvalue weighted by molar-refractivity contribution is 1.13. The van der Waals surface area contributed by atoms with Gasteiger partial charge >= 0.3 is 0 Å². The molecule has 11 heavy (non-hydrogen) atoms. The maximum atomic E-state index is 2.37. The Balaban J connectivity index is 2.91. The van der Waals surface area contributed by atoms with E-state index in [0.29, 0.717) is 0 Å². The fraction of sp³-hybridized carbons (Fsp3) is 0.333. The number of nitrogens with zero attached hydrogens (tertiary/aromatic N) is 1. The Morgan fingerprint density at radius 2 is 2.09 bits per heavy atom. The summed E-state index contributed by atoms with van der Waals surface area (Å²) in [6.07, 6.45) is 0. The molecule has 0 spiro atoms. The van der Waals surface area contributed by atoms with Crippen LogP contribution in [0.15, 0.2) is 24.3 Å². The van der Waals surface area contributed by atoms with E-state index in [1.54, 1.807) is 0 Å². The van der Waals surface area contributed by atoms with Gasteiger partial charge in [0, 0.05) is 24.2 Å². The van der Waals surface area contributed by atoms with Crippen molar-refractivity contribution >= 4 is 28.3 Å². The van der Waals surface area contributed by atoms with Crippen molar-refractivity contribution in [2.75, 3.05) is 19.0 Å². The van der Waals surface area contributed by atoms with E-state index < -0.39 is 0 Å². The molecule has 0 aromatic heterocycles. The van der Waals surface area contributed by atoms with E-state index in [9.17, 15) is 0 Å². The standard InChI is InChI=1S/C9H12IN/c1-11(2)9-5-3-4-8(6-9)7-10/h3-6H,7H2,1-2H3. The van der Waals surface area contributed by atoms with Crippen LogP contribution in [0.2, 0.25) is 0 Å². The zero-order chi connectivity index (χ0) is 8.27. The summed E-state index contributed by atoms with van der Waals surface area (Å²) in [6, 6.07) is 8.59. The van der Waals surface area contributed by atoms with E-state index >= 15 is 0 Å². The van der Waals surface area contributed by atoms with Crippen molar-refractivity contribution in [3.63, 3.8) is 0 Å². The SMILES string of the molecule is CN(C)c1cccc(CI)c1. The van der Waals surface area contributed by atoms with Crippen molar-refractivity contribution in [2.24, 2.45) is 0 Å². The molecule has 0 aliphatic rings. The first-order valence-electron chi connectivity index (χ1n) is 3.56. The maximum Gasteiger partial charge on any atom is 0.0364 e. The molecule has 0 saturated heterocycles. The molecule has 0 radical (unpaired) electrons. The lowest BCUT2D eigenvalue weighted by atomic mass is 10.2. The van der Waals surface area contributed by atoms with E-state index in [1.807, 2.05) is 0 Å². The molecule has 0 atom stereocenters. The second-order valence-electron chi connectivity index (χ2n) is 2.70. The summed E-state index contributed by atoms with van der Waals surface area (Å²) < 4.78 is 1.08. The molecule has 1 aromatic rings. The summed E-state index contributed by atoms with van der Waals surface area (Å²) in [7, 11) is 4.12. The van der Waals surface area contributed by atoms with Crippen molar-refractivity contribution in [1.29, 1.82) is 0 Å². The van der Waals surface area contributed by atoms with Crippen LogP contribution < -0.4 is 4.90 Å². The highest BCUT2D eigenvalue weighted by molar-refractivity contribution is 14.1. The van der Waals surface area contributed by atoms with Crippen LogP contribution in [0.4, 0.5) is 5.69 Å². The monoisotopic (exact) mass is 261 g/mol. The van der Waals surface area contributed by atoms with Gasteiger partial charge in [0.1, 0.15) is 0 Å². The molecule has 0 fully saturated rings. The number of anilines is 1. The summed E-state index contributed by atoms with van der Waals surface area (Å²) >= 11 is 2.37. The zero-order valence-corrected chi connectivity index (χ0v) is 9.00. The molecular weight excluding hydrogens is 249 g/mol. The molecule has 0 heterocycles. The van der Waals surface area contributed by atoms with Crippen LogP contribution in [0.1, 0.15) is 5.56 Å². The molecule has 0 aliphatic carbocycles. The van der Waals surface area contributed by atoms with Crippen LogP contribution in [0.25, 0.3) is 0 Å². The van der Waals surface area contributed by atoms with Gasteiger partial charge in [0.05, 0.1) is 0 Å². The predicted molar refractivity (Wildman–Crippen MR) is 58.5 cm³/mol. The van der Waals surface area contributed by atoms with Gasteiger partial charge in [-0.1, -0.05) is 34.7 Å². The first kappa shape index (κ1) is 8.84. The van der Waals surface area contributed by atoms with Crippen LogP contribution in [0.3, 0.4) is 0 Å². The molecule has 0 N–H and O–H groups in total. The first-order chi connectivity index (χ1) is 5.24. The van der Waals surface area contributed by atoms with Gasteiger partial charge in [0.2, 0.25) is 0 Å². The number of benzene rings is 1. The van der Waals surface area contributed by atoms with Crippen LogP contribution in [0.5, 0.6) is 0 Å². The molecule has 1 aromatic carbocycles. The van der Waals surface area contributed by atoms with Crippen molar-refractivity contribution in [2.45, 2.75) is 4.43 Å². The molecule has 0 bridgehead atoms. The number of alkyl halides is 1. The quantitative estimate of drug-likeness (QED) is 0.584. The Labute approximate surface area is 81.5 Å². The molecule has 0 amide bonds. The molecule has 1 rings (SSSR count). The lowest BCUT2D eigenvalue weighted by Crippen LogP contribution is -2.08. The summed E-state index contributed by atoms with van der Waals surface area (Å²) in [5, 5.41) is 0. The Morgan fingerprint density at radius 1 is 1.36 bits per heavy atom. The van der Waals surface area contributed by atoms with Crippen molar-refractivity contribution in [3.05, 3.63) is 29.8 Å². The number of rotatable bonds is 2. The fourth-order valence-electron chi connectivity index (χ4n) is 0.918. The largest absolute Gasteiger partial charge is 0.378 e. The van der Waals surface area contributed by atoms with Gasteiger partial charge in [0.25, 0.3) is 0 Å². The molecular formula is C9H12IN. The molecule has 0 unspecified atom stereocenters. The minimum Gasteiger partial charge on any atom is -0.378 e.